The van der Waals surface area contributed by atoms with Gasteiger partial charge in [0.2, 0.25) is 0 Å². The van der Waals surface area contributed by atoms with Gasteiger partial charge in [-0.15, -0.1) is 24.0 Å². The maximum absolute atomic E-state index is 4.52. The van der Waals surface area contributed by atoms with Crippen LogP contribution in [0.4, 0.5) is 0 Å². The smallest absolute Gasteiger partial charge is 0.191 e. The second kappa shape index (κ2) is 11.2. The lowest BCUT2D eigenvalue weighted by Crippen LogP contribution is -2.56. The van der Waals surface area contributed by atoms with E-state index in [1.54, 1.807) is 0 Å². The predicted octanol–water partition coefficient (Wildman–Crippen LogP) is 3.18. The number of rotatable bonds is 7. The summed E-state index contributed by atoms with van der Waals surface area (Å²) in [7, 11) is 6.27. The molecule has 1 aromatic heterocycles. The third kappa shape index (κ3) is 6.93. The van der Waals surface area contributed by atoms with Gasteiger partial charge in [0.1, 0.15) is 0 Å². The minimum absolute atomic E-state index is 0. The lowest BCUT2D eigenvalue weighted by atomic mass is 9.75. The van der Waals surface area contributed by atoms with Crippen molar-refractivity contribution >= 4 is 29.9 Å². The van der Waals surface area contributed by atoms with Crippen LogP contribution in [0.2, 0.25) is 0 Å². The van der Waals surface area contributed by atoms with E-state index < -0.39 is 0 Å². The summed E-state index contributed by atoms with van der Waals surface area (Å²) in [6.45, 7) is 9.30. The zero-order chi connectivity index (χ0) is 19.2. The van der Waals surface area contributed by atoms with Crippen molar-refractivity contribution in [2.45, 2.75) is 65.0 Å². The van der Waals surface area contributed by atoms with Crippen molar-refractivity contribution in [3.8, 4) is 0 Å². The third-order valence-corrected chi connectivity index (χ3v) is 5.77. The fourth-order valence-corrected chi connectivity index (χ4v) is 4.16. The minimum Gasteiger partial charge on any atom is -0.356 e. The summed E-state index contributed by atoms with van der Waals surface area (Å²) >= 11 is 0. The number of hydrogen-bond donors (Lipinski definition) is 2. The monoisotopic (exact) mass is 490 g/mol. The average Bonchev–Trinajstić information content (AvgIpc) is 2.91. The summed E-state index contributed by atoms with van der Waals surface area (Å²) in [6.07, 6.45) is 6.21. The van der Waals surface area contributed by atoms with E-state index in [-0.39, 0.29) is 29.5 Å². The molecule has 0 bridgehead atoms. The molecule has 7 heteroatoms. The van der Waals surface area contributed by atoms with E-state index in [0.29, 0.717) is 0 Å². The molecule has 2 N–H and O–H groups in total. The van der Waals surface area contributed by atoms with Gasteiger partial charge in [0.15, 0.2) is 5.96 Å². The topological polar surface area (TPSA) is 57.5 Å². The molecule has 0 saturated heterocycles. The Balaban J connectivity index is 0.00000364. The standard InChI is InChI=1S/C20H38N6.HI/c1-16-9-7-10-20(14-16,25(5)6)15-23-19(21-4)22-11-8-12-26-18(3)13-17(2)24-26;/h13,16H,7-12,14-15H2,1-6H3,(H2,21,22,23);1H. The lowest BCUT2D eigenvalue weighted by Gasteiger charge is -2.45. The summed E-state index contributed by atoms with van der Waals surface area (Å²) in [5.74, 6) is 1.70. The van der Waals surface area contributed by atoms with Gasteiger partial charge >= 0.3 is 0 Å². The SMILES string of the molecule is CN=C(NCCCn1nc(C)cc1C)NCC1(N(C)C)CCCC(C)C1.I. The molecule has 1 aliphatic rings. The van der Waals surface area contributed by atoms with Gasteiger partial charge in [0.25, 0.3) is 0 Å². The van der Waals surface area contributed by atoms with Crippen molar-refractivity contribution in [2.75, 3.05) is 34.2 Å². The maximum Gasteiger partial charge on any atom is 0.191 e. The van der Waals surface area contributed by atoms with E-state index in [4.69, 9.17) is 0 Å². The molecule has 1 fully saturated rings. The molecular weight excluding hydrogens is 451 g/mol. The molecule has 156 valence electrons. The highest BCUT2D eigenvalue weighted by Gasteiger charge is 2.36. The van der Waals surface area contributed by atoms with Crippen LogP contribution in [0.1, 0.15) is 50.4 Å². The molecule has 0 aliphatic heterocycles. The fourth-order valence-electron chi connectivity index (χ4n) is 4.16. The molecule has 0 radical (unpaired) electrons. The summed E-state index contributed by atoms with van der Waals surface area (Å²) in [4.78, 5) is 6.81. The molecule has 2 unspecified atom stereocenters. The van der Waals surface area contributed by atoms with Crippen molar-refractivity contribution in [2.24, 2.45) is 10.9 Å². The Kier molecular flexibility index (Phi) is 10.1. The van der Waals surface area contributed by atoms with E-state index in [9.17, 15) is 0 Å². The van der Waals surface area contributed by atoms with Gasteiger partial charge in [0.05, 0.1) is 5.69 Å². The Hall–Kier alpha value is -0.830. The zero-order valence-electron chi connectivity index (χ0n) is 18.0. The summed E-state index contributed by atoms with van der Waals surface area (Å²) in [5.41, 5.74) is 2.55. The minimum atomic E-state index is 0. The van der Waals surface area contributed by atoms with Gasteiger partial charge in [-0.1, -0.05) is 19.8 Å². The quantitative estimate of drug-likeness (QED) is 0.267. The Morgan fingerprint density at radius 2 is 2.11 bits per heavy atom. The zero-order valence-corrected chi connectivity index (χ0v) is 20.3. The number of guanidine groups is 1. The molecule has 1 saturated carbocycles. The molecule has 2 rings (SSSR count). The van der Waals surface area contributed by atoms with Crippen molar-refractivity contribution in [1.29, 1.82) is 0 Å². The van der Waals surface area contributed by atoms with Crippen LogP contribution in [0, 0.1) is 19.8 Å². The fraction of sp³-hybridized carbons (Fsp3) is 0.800. The van der Waals surface area contributed by atoms with Crippen molar-refractivity contribution < 1.29 is 0 Å². The van der Waals surface area contributed by atoms with E-state index >= 15 is 0 Å². The van der Waals surface area contributed by atoms with Crippen LogP contribution in [0.5, 0.6) is 0 Å². The molecule has 0 spiro atoms. The third-order valence-electron chi connectivity index (χ3n) is 5.77. The van der Waals surface area contributed by atoms with Gasteiger partial charge in [-0.2, -0.15) is 5.10 Å². The van der Waals surface area contributed by atoms with E-state index in [0.717, 1.165) is 43.6 Å². The van der Waals surface area contributed by atoms with Gasteiger partial charge in [-0.25, -0.2) is 0 Å². The predicted molar refractivity (Wildman–Crippen MR) is 125 cm³/mol. The molecule has 1 aromatic rings. The van der Waals surface area contributed by atoms with Crippen LogP contribution in [0.15, 0.2) is 11.1 Å². The highest BCUT2D eigenvalue weighted by atomic mass is 127. The molecule has 27 heavy (non-hydrogen) atoms. The number of hydrogen-bond acceptors (Lipinski definition) is 3. The average molecular weight is 490 g/mol. The van der Waals surface area contributed by atoms with E-state index in [1.807, 2.05) is 14.0 Å². The van der Waals surface area contributed by atoms with Crippen molar-refractivity contribution in [1.82, 2.24) is 25.3 Å². The molecule has 6 nitrogen and oxygen atoms in total. The Morgan fingerprint density at radius 3 is 2.67 bits per heavy atom. The first-order valence-corrected chi connectivity index (χ1v) is 9.99. The first kappa shape index (κ1) is 24.2. The van der Waals surface area contributed by atoms with Gasteiger partial charge in [0, 0.05) is 37.9 Å². The largest absolute Gasteiger partial charge is 0.356 e. The van der Waals surface area contributed by atoms with Gasteiger partial charge < -0.3 is 15.5 Å². The highest BCUT2D eigenvalue weighted by molar-refractivity contribution is 14.0. The Bertz CT molecular complexity index is 597. The van der Waals surface area contributed by atoms with E-state index in [2.05, 4.69) is 64.3 Å². The molecule has 1 heterocycles. The van der Waals surface area contributed by atoms with Crippen LogP contribution in [-0.2, 0) is 6.54 Å². The normalized spacial score (nSPS) is 23.2. The van der Waals surface area contributed by atoms with Crippen LogP contribution >= 0.6 is 24.0 Å². The van der Waals surface area contributed by atoms with Gasteiger partial charge in [-0.05, 0) is 59.2 Å². The Morgan fingerprint density at radius 1 is 1.37 bits per heavy atom. The molecule has 0 amide bonds. The van der Waals surface area contributed by atoms with Crippen LogP contribution < -0.4 is 10.6 Å². The second-order valence-corrected chi connectivity index (χ2v) is 8.18. The number of nitrogens with one attached hydrogen (secondary N) is 2. The van der Waals surface area contributed by atoms with Crippen molar-refractivity contribution in [3.63, 3.8) is 0 Å². The number of aryl methyl sites for hydroxylation is 3. The maximum atomic E-state index is 4.52. The second-order valence-electron chi connectivity index (χ2n) is 8.18. The van der Waals surface area contributed by atoms with Crippen molar-refractivity contribution in [3.05, 3.63) is 17.5 Å². The Labute approximate surface area is 182 Å². The van der Waals surface area contributed by atoms with Crippen LogP contribution in [0.25, 0.3) is 0 Å². The molecular formula is C20H39IN6. The van der Waals surface area contributed by atoms with Crippen LogP contribution in [0.3, 0.4) is 0 Å². The summed E-state index contributed by atoms with van der Waals surface area (Å²) < 4.78 is 2.08. The lowest BCUT2D eigenvalue weighted by molar-refractivity contribution is 0.0796. The number of halogens is 1. The highest BCUT2D eigenvalue weighted by Crippen LogP contribution is 2.35. The number of likely N-dealkylation sites (N-methyl/N-ethyl adjacent to an activating group) is 1. The number of aromatic nitrogens is 2. The van der Waals surface area contributed by atoms with Crippen LogP contribution in [-0.4, -0.2) is 60.4 Å². The molecule has 1 aliphatic carbocycles. The van der Waals surface area contributed by atoms with E-state index in [1.165, 1.54) is 31.4 Å². The summed E-state index contributed by atoms with van der Waals surface area (Å²) in [5, 5.41) is 11.5. The number of aliphatic imine (C=N–C) groups is 1. The first-order chi connectivity index (χ1) is 12.4. The first-order valence-electron chi connectivity index (χ1n) is 9.99. The number of nitrogens with zero attached hydrogens (tertiary/aromatic N) is 4. The molecule has 2 atom stereocenters. The molecule has 0 aromatic carbocycles. The van der Waals surface area contributed by atoms with Gasteiger partial charge in [-0.3, -0.25) is 9.67 Å². The summed E-state index contributed by atoms with van der Waals surface area (Å²) in [6, 6.07) is 2.12.